The molecule has 0 N–H and O–H groups in total. The lowest BCUT2D eigenvalue weighted by atomic mass is 9.35. The van der Waals surface area contributed by atoms with Crippen LogP contribution in [0.5, 0.6) is 23.0 Å². The Bertz CT molecular complexity index is 3010. The van der Waals surface area contributed by atoms with E-state index in [1.54, 1.807) is 0 Å². The Kier molecular flexibility index (Phi) is 7.65. The molecule has 0 radical (unpaired) electrons. The Balaban J connectivity index is 1.18. The number of nitrogens with zero attached hydrogens (tertiary/aromatic N) is 1. The van der Waals surface area contributed by atoms with E-state index < -0.39 is 8.07 Å². The van der Waals surface area contributed by atoms with E-state index in [0.29, 0.717) is 0 Å². The highest BCUT2D eigenvalue weighted by atomic mass is 28.3. The molecule has 0 fully saturated rings. The van der Waals surface area contributed by atoms with Crippen LogP contribution >= 0.6 is 0 Å². The summed E-state index contributed by atoms with van der Waals surface area (Å²) in [5.41, 5.74) is 8.94. The fraction of sp³-hybridized carbons (Fsp3) is 0. The Labute approximate surface area is 344 Å². The maximum absolute atomic E-state index is 6.84. The number of hydrogen-bond donors (Lipinski definition) is 0. The summed E-state index contributed by atoms with van der Waals surface area (Å²) in [6, 6.07) is 79.6. The highest BCUT2D eigenvalue weighted by Gasteiger charge is 2.43. The number of hydrogen-bond acceptors (Lipinski definition) is 2. The fourth-order valence-corrected chi connectivity index (χ4v) is 14.8. The van der Waals surface area contributed by atoms with Crippen LogP contribution in [0.3, 0.4) is 0 Å². The number of benzene rings is 9. The first-order chi connectivity index (χ1) is 29.3. The predicted octanol–water partition coefficient (Wildman–Crippen LogP) is 8.56. The number of fused-ring (bicyclic) bond motifs is 7. The van der Waals surface area contributed by atoms with Gasteiger partial charge in [0.25, 0.3) is 6.71 Å². The molecule has 12 rings (SSSR count). The molecule has 59 heavy (non-hydrogen) atoms. The molecular weight excluding hydrogens is 733 g/mol. The third-order valence-electron chi connectivity index (χ3n) is 12.5. The first-order valence-electron chi connectivity index (χ1n) is 20.3. The first-order valence-corrected chi connectivity index (χ1v) is 22.3. The van der Waals surface area contributed by atoms with Crippen LogP contribution in [0.2, 0.25) is 0 Å². The molecule has 0 saturated heterocycles. The summed E-state index contributed by atoms with van der Waals surface area (Å²) in [7, 11) is -2.89. The molecule has 0 aliphatic carbocycles. The third kappa shape index (κ3) is 5.08. The van der Waals surface area contributed by atoms with Crippen LogP contribution in [0.15, 0.2) is 218 Å². The van der Waals surface area contributed by atoms with Gasteiger partial charge in [0.1, 0.15) is 23.0 Å². The molecule has 3 nitrogen and oxygen atoms in total. The van der Waals surface area contributed by atoms with Crippen molar-refractivity contribution < 1.29 is 9.47 Å². The summed E-state index contributed by atoms with van der Waals surface area (Å²) in [5.74, 6) is 3.42. The lowest BCUT2D eigenvalue weighted by Gasteiger charge is -2.35. The van der Waals surface area contributed by atoms with E-state index in [1.165, 1.54) is 31.5 Å². The predicted molar refractivity (Wildman–Crippen MR) is 248 cm³/mol. The molecule has 0 amide bonds. The number of ether oxygens (including phenoxy) is 2. The molecule has 2 aliphatic rings. The zero-order valence-corrected chi connectivity index (χ0v) is 33.1. The van der Waals surface area contributed by atoms with E-state index in [9.17, 15) is 0 Å². The number of para-hydroxylation sites is 4. The molecule has 0 atom stereocenters. The van der Waals surface area contributed by atoms with Crippen LogP contribution < -0.4 is 46.6 Å². The topological polar surface area (TPSA) is 23.4 Å². The largest absolute Gasteiger partial charge is 0.458 e. The van der Waals surface area contributed by atoms with Crippen molar-refractivity contribution in [1.29, 1.82) is 0 Å². The van der Waals surface area contributed by atoms with Crippen molar-refractivity contribution in [3.8, 4) is 39.8 Å². The van der Waals surface area contributed by atoms with Crippen LogP contribution in [0.4, 0.5) is 0 Å². The second kappa shape index (κ2) is 13.4. The summed E-state index contributed by atoms with van der Waals surface area (Å²) >= 11 is 0. The average Bonchev–Trinajstić information content (AvgIpc) is 3.64. The van der Waals surface area contributed by atoms with Crippen molar-refractivity contribution in [2.45, 2.75) is 0 Å². The molecule has 0 saturated carbocycles. The Morgan fingerprint density at radius 1 is 0.373 bits per heavy atom. The van der Waals surface area contributed by atoms with Crippen molar-refractivity contribution in [2.75, 3.05) is 0 Å². The molecule has 10 aromatic rings. The zero-order chi connectivity index (χ0) is 38.9. The molecule has 0 unspecified atom stereocenters. The smallest absolute Gasteiger partial charge is 0.260 e. The Morgan fingerprint density at radius 2 is 0.814 bits per heavy atom. The van der Waals surface area contributed by atoms with Crippen molar-refractivity contribution in [3.63, 3.8) is 0 Å². The van der Waals surface area contributed by atoms with Gasteiger partial charge in [-0.2, -0.15) is 0 Å². The van der Waals surface area contributed by atoms with Crippen molar-refractivity contribution in [3.05, 3.63) is 218 Å². The van der Waals surface area contributed by atoms with Gasteiger partial charge in [-0.25, -0.2) is 0 Å². The monoisotopic (exact) mass is 769 g/mol. The summed E-state index contributed by atoms with van der Waals surface area (Å²) in [6.45, 7) is 0.0115. The Hall–Kier alpha value is -7.34. The number of aromatic nitrogens is 1. The molecule has 2 aliphatic heterocycles. The van der Waals surface area contributed by atoms with Crippen molar-refractivity contribution in [2.24, 2.45) is 0 Å². The van der Waals surface area contributed by atoms with Gasteiger partial charge in [0.15, 0.2) is 8.07 Å². The van der Waals surface area contributed by atoms with Gasteiger partial charge in [0, 0.05) is 21.8 Å². The standard InChI is InChI=1S/C54H36BNO2Si/c1-4-18-38(19-5-1)59(39-20-6-2-7-21-39,40-22-8-3-9-23-40)41-32-33-42(49(36-41)56-47-28-14-10-24-43(47)44-25-11-15-29-48(44)56)37-34-52-54-53(35-37)58-51-31-17-13-27-46(51)55(54)45-26-12-16-30-50(45)57-52/h1-36H. The average molecular weight is 770 g/mol. The van der Waals surface area contributed by atoms with Crippen molar-refractivity contribution >= 4 is 73.7 Å². The van der Waals surface area contributed by atoms with Crippen LogP contribution in [-0.4, -0.2) is 19.4 Å². The summed E-state index contributed by atoms with van der Waals surface area (Å²) in [6.07, 6.45) is 0. The van der Waals surface area contributed by atoms with E-state index >= 15 is 0 Å². The zero-order valence-electron chi connectivity index (χ0n) is 32.1. The fourth-order valence-electron chi connectivity index (χ4n) is 9.99. The SMILES string of the molecule is c1ccc([Si](c2ccccc2)(c2ccccc2)c2ccc(-c3cc4c5c(c3)Oc3ccccc3B5c3ccccc3O4)c(-n3c4ccccc4c4ccccc43)c2)cc1. The molecule has 5 heteroatoms. The molecular formula is C54H36BNO2Si. The van der Waals surface area contributed by atoms with Gasteiger partial charge in [-0.15, -0.1) is 0 Å². The van der Waals surface area contributed by atoms with Gasteiger partial charge in [0.05, 0.1) is 16.7 Å². The highest BCUT2D eigenvalue weighted by molar-refractivity contribution is 7.20. The maximum atomic E-state index is 6.84. The van der Waals surface area contributed by atoms with E-state index in [1.807, 2.05) is 0 Å². The van der Waals surface area contributed by atoms with Gasteiger partial charge < -0.3 is 14.0 Å². The second-order valence-electron chi connectivity index (χ2n) is 15.5. The third-order valence-corrected chi connectivity index (χ3v) is 17.3. The molecule has 276 valence electrons. The minimum absolute atomic E-state index is 0.0115. The highest BCUT2D eigenvalue weighted by Crippen LogP contribution is 2.41. The molecule has 0 spiro atoms. The summed E-state index contributed by atoms with van der Waals surface area (Å²) in [5, 5.41) is 7.75. The van der Waals surface area contributed by atoms with Gasteiger partial charge in [-0.05, 0) is 79.7 Å². The van der Waals surface area contributed by atoms with E-state index in [0.717, 1.165) is 67.2 Å². The van der Waals surface area contributed by atoms with Crippen LogP contribution in [0.1, 0.15) is 0 Å². The second-order valence-corrected chi connectivity index (χ2v) is 19.4. The minimum Gasteiger partial charge on any atom is -0.458 e. The lowest BCUT2D eigenvalue weighted by Crippen LogP contribution is -2.74. The summed E-state index contributed by atoms with van der Waals surface area (Å²) < 4.78 is 16.2. The normalized spacial score (nSPS) is 12.6. The molecule has 9 aromatic carbocycles. The Morgan fingerprint density at radius 3 is 1.32 bits per heavy atom. The van der Waals surface area contributed by atoms with Crippen LogP contribution in [0.25, 0.3) is 38.6 Å². The van der Waals surface area contributed by atoms with E-state index in [-0.39, 0.29) is 6.71 Å². The van der Waals surface area contributed by atoms with Gasteiger partial charge in [-0.1, -0.05) is 176 Å². The minimum atomic E-state index is -2.89. The lowest BCUT2D eigenvalue weighted by molar-refractivity contribution is 0.465. The van der Waals surface area contributed by atoms with Gasteiger partial charge in [0.2, 0.25) is 0 Å². The van der Waals surface area contributed by atoms with E-state index in [4.69, 9.17) is 9.47 Å². The van der Waals surface area contributed by atoms with Crippen LogP contribution in [-0.2, 0) is 0 Å². The maximum Gasteiger partial charge on any atom is 0.260 e. The van der Waals surface area contributed by atoms with Crippen LogP contribution in [0, 0.1) is 0 Å². The quantitative estimate of drug-likeness (QED) is 0.125. The molecule has 0 bridgehead atoms. The molecule has 3 heterocycles. The van der Waals surface area contributed by atoms with E-state index in [2.05, 4.69) is 223 Å². The van der Waals surface area contributed by atoms with Gasteiger partial charge in [-0.3, -0.25) is 0 Å². The summed E-state index contributed by atoms with van der Waals surface area (Å²) in [4.78, 5) is 0. The van der Waals surface area contributed by atoms with Gasteiger partial charge >= 0.3 is 0 Å². The van der Waals surface area contributed by atoms with Crippen molar-refractivity contribution in [1.82, 2.24) is 4.57 Å². The number of rotatable bonds is 6. The first kappa shape index (κ1) is 33.8. The molecule has 1 aromatic heterocycles.